The van der Waals surface area contributed by atoms with E-state index in [0.29, 0.717) is 45.6 Å². The highest BCUT2D eigenvalue weighted by Gasteiger charge is 2.17. The Morgan fingerprint density at radius 1 is 1.10 bits per heavy atom. The SMILES string of the molecule is COc1cc(C=c2sc3n(c2=O)CN(c2cccc(F)c2)CN=3)cc(OC)c1OC. The molecule has 2 heterocycles. The van der Waals surface area contributed by atoms with Gasteiger partial charge in [0.15, 0.2) is 16.3 Å². The molecule has 3 aromatic rings. The van der Waals surface area contributed by atoms with Gasteiger partial charge in [0.25, 0.3) is 5.56 Å². The van der Waals surface area contributed by atoms with Crippen LogP contribution in [0.2, 0.25) is 0 Å². The molecule has 0 saturated carbocycles. The summed E-state index contributed by atoms with van der Waals surface area (Å²) < 4.78 is 31.8. The molecule has 1 aromatic heterocycles. The van der Waals surface area contributed by atoms with Crippen LogP contribution in [0.4, 0.5) is 10.1 Å². The first-order chi connectivity index (χ1) is 14.5. The van der Waals surface area contributed by atoms with Crippen LogP contribution < -0.4 is 34.0 Å². The van der Waals surface area contributed by atoms with Crippen molar-refractivity contribution in [2.24, 2.45) is 4.99 Å². The number of benzene rings is 2. The lowest BCUT2D eigenvalue weighted by Gasteiger charge is -2.25. The molecule has 0 atom stereocenters. The van der Waals surface area contributed by atoms with E-state index in [4.69, 9.17) is 14.2 Å². The van der Waals surface area contributed by atoms with Gasteiger partial charge in [-0.1, -0.05) is 17.4 Å². The zero-order valence-corrected chi connectivity index (χ0v) is 17.5. The standard InChI is InChI=1S/C21H20FN3O4S/c1-27-16-7-13(8-17(28-2)19(16)29-3)9-18-20(26)25-12-24(11-23-21(25)30-18)15-6-4-5-14(22)10-15/h4-10H,11-12H2,1-3H3. The monoisotopic (exact) mass is 429 g/mol. The van der Waals surface area contributed by atoms with E-state index in [1.54, 1.807) is 49.1 Å². The molecule has 1 aliphatic heterocycles. The third kappa shape index (κ3) is 3.63. The molecule has 7 nitrogen and oxygen atoms in total. The van der Waals surface area contributed by atoms with Crippen molar-refractivity contribution in [3.8, 4) is 17.2 Å². The second-order valence-corrected chi connectivity index (χ2v) is 7.55. The first-order valence-electron chi connectivity index (χ1n) is 9.10. The van der Waals surface area contributed by atoms with Crippen molar-refractivity contribution in [3.63, 3.8) is 0 Å². The number of anilines is 1. The summed E-state index contributed by atoms with van der Waals surface area (Å²) in [4.78, 5) is 20.0. The largest absolute Gasteiger partial charge is 0.493 e. The van der Waals surface area contributed by atoms with Crippen LogP contribution in [0.25, 0.3) is 6.08 Å². The average Bonchev–Trinajstić information content (AvgIpc) is 3.07. The van der Waals surface area contributed by atoms with Crippen molar-refractivity contribution >= 4 is 23.1 Å². The first kappa shape index (κ1) is 20.0. The summed E-state index contributed by atoms with van der Waals surface area (Å²) in [6.07, 6.45) is 1.77. The van der Waals surface area contributed by atoms with Gasteiger partial charge in [-0.05, 0) is 42.0 Å². The number of nitrogens with zero attached hydrogens (tertiary/aromatic N) is 3. The molecule has 0 aliphatic carbocycles. The predicted octanol–water partition coefficient (Wildman–Crippen LogP) is 1.96. The lowest BCUT2D eigenvalue weighted by Crippen LogP contribution is -2.42. The van der Waals surface area contributed by atoms with Crippen LogP contribution in [0.15, 0.2) is 46.2 Å². The summed E-state index contributed by atoms with van der Waals surface area (Å²) in [5.41, 5.74) is 1.26. The Balaban J connectivity index is 1.74. The second-order valence-electron chi connectivity index (χ2n) is 6.55. The molecular weight excluding hydrogens is 409 g/mol. The highest BCUT2D eigenvalue weighted by Crippen LogP contribution is 2.38. The van der Waals surface area contributed by atoms with Gasteiger partial charge in [0.2, 0.25) is 5.75 Å². The van der Waals surface area contributed by atoms with Crippen molar-refractivity contribution in [1.82, 2.24) is 4.57 Å². The molecule has 0 amide bonds. The fourth-order valence-corrected chi connectivity index (χ4v) is 4.25. The van der Waals surface area contributed by atoms with Gasteiger partial charge in [-0.2, -0.15) is 0 Å². The van der Waals surface area contributed by atoms with Gasteiger partial charge in [-0.25, -0.2) is 9.38 Å². The van der Waals surface area contributed by atoms with Gasteiger partial charge in [-0.15, -0.1) is 0 Å². The molecule has 4 rings (SSSR count). The van der Waals surface area contributed by atoms with Gasteiger partial charge in [-0.3, -0.25) is 9.36 Å². The van der Waals surface area contributed by atoms with E-state index in [9.17, 15) is 9.18 Å². The summed E-state index contributed by atoms with van der Waals surface area (Å²) in [6.45, 7) is 0.660. The van der Waals surface area contributed by atoms with Crippen molar-refractivity contribution in [3.05, 3.63) is 67.5 Å². The van der Waals surface area contributed by atoms with Crippen LogP contribution in [0, 0.1) is 5.82 Å². The lowest BCUT2D eigenvalue weighted by molar-refractivity contribution is 0.324. The van der Waals surface area contributed by atoms with E-state index in [1.165, 1.54) is 30.6 Å². The minimum atomic E-state index is -0.326. The fourth-order valence-electron chi connectivity index (χ4n) is 3.28. The summed E-state index contributed by atoms with van der Waals surface area (Å²) in [6, 6.07) is 9.81. The predicted molar refractivity (Wildman–Crippen MR) is 113 cm³/mol. The Morgan fingerprint density at radius 2 is 1.83 bits per heavy atom. The number of aromatic nitrogens is 1. The number of ether oxygens (including phenoxy) is 3. The number of thiazole rings is 1. The highest BCUT2D eigenvalue weighted by atomic mass is 32.1. The molecule has 0 spiro atoms. The normalized spacial score (nSPS) is 13.6. The van der Waals surface area contributed by atoms with E-state index in [2.05, 4.69) is 4.99 Å². The average molecular weight is 429 g/mol. The molecule has 0 radical (unpaired) electrons. The van der Waals surface area contributed by atoms with Crippen LogP contribution in [-0.4, -0.2) is 32.6 Å². The highest BCUT2D eigenvalue weighted by molar-refractivity contribution is 7.07. The minimum absolute atomic E-state index is 0.159. The summed E-state index contributed by atoms with van der Waals surface area (Å²) >= 11 is 1.31. The topological polar surface area (TPSA) is 65.3 Å². The minimum Gasteiger partial charge on any atom is -0.493 e. The Hall–Kier alpha value is -3.33. The molecule has 9 heteroatoms. The molecule has 156 valence electrons. The van der Waals surface area contributed by atoms with Crippen LogP contribution in [0.1, 0.15) is 5.56 Å². The van der Waals surface area contributed by atoms with Crippen molar-refractivity contribution < 1.29 is 18.6 Å². The van der Waals surface area contributed by atoms with E-state index in [1.807, 2.05) is 4.90 Å². The van der Waals surface area contributed by atoms with Crippen LogP contribution in [0.5, 0.6) is 17.2 Å². The lowest BCUT2D eigenvalue weighted by atomic mass is 10.1. The summed E-state index contributed by atoms with van der Waals surface area (Å²) in [5.74, 6) is 1.17. The third-order valence-corrected chi connectivity index (χ3v) is 5.78. The third-order valence-electron chi connectivity index (χ3n) is 4.74. The Morgan fingerprint density at radius 3 is 2.47 bits per heavy atom. The van der Waals surface area contributed by atoms with E-state index >= 15 is 0 Å². The zero-order chi connectivity index (χ0) is 21.3. The maximum atomic E-state index is 13.6. The van der Waals surface area contributed by atoms with E-state index in [0.717, 1.165) is 5.56 Å². The Bertz CT molecular complexity index is 1240. The molecule has 0 fully saturated rings. The quantitative estimate of drug-likeness (QED) is 0.621. The number of hydrogen-bond acceptors (Lipinski definition) is 7. The molecule has 0 saturated heterocycles. The maximum Gasteiger partial charge on any atom is 0.271 e. The molecule has 0 N–H and O–H groups in total. The first-order valence-corrected chi connectivity index (χ1v) is 9.92. The van der Waals surface area contributed by atoms with Crippen molar-refractivity contribution in [2.45, 2.75) is 6.67 Å². The van der Waals surface area contributed by atoms with Crippen molar-refractivity contribution in [1.29, 1.82) is 0 Å². The van der Waals surface area contributed by atoms with Gasteiger partial charge >= 0.3 is 0 Å². The fraction of sp³-hybridized carbons (Fsp3) is 0.238. The van der Waals surface area contributed by atoms with Gasteiger partial charge in [0.05, 0.1) is 25.9 Å². The molecule has 0 bridgehead atoms. The van der Waals surface area contributed by atoms with Crippen LogP contribution in [-0.2, 0) is 6.67 Å². The smallest absolute Gasteiger partial charge is 0.271 e. The molecular formula is C21H20FN3O4S. The van der Waals surface area contributed by atoms with Crippen molar-refractivity contribution in [2.75, 3.05) is 32.9 Å². The molecule has 30 heavy (non-hydrogen) atoms. The van der Waals surface area contributed by atoms with Gasteiger partial charge in [0.1, 0.15) is 19.2 Å². The van der Waals surface area contributed by atoms with Gasteiger partial charge < -0.3 is 19.1 Å². The molecule has 1 aliphatic rings. The Labute approximate surface area is 175 Å². The van der Waals surface area contributed by atoms with Crippen LogP contribution in [0.3, 0.4) is 0 Å². The number of rotatable bonds is 5. The van der Waals surface area contributed by atoms with Gasteiger partial charge in [0, 0.05) is 5.69 Å². The number of hydrogen-bond donors (Lipinski definition) is 0. The number of methoxy groups -OCH3 is 3. The number of fused-ring (bicyclic) bond motifs is 1. The summed E-state index contributed by atoms with van der Waals surface area (Å²) in [7, 11) is 4.62. The van der Waals surface area contributed by atoms with E-state index < -0.39 is 0 Å². The van der Waals surface area contributed by atoms with Crippen LogP contribution >= 0.6 is 11.3 Å². The second kappa shape index (κ2) is 8.19. The molecule has 0 unspecified atom stereocenters. The Kier molecular flexibility index (Phi) is 5.45. The summed E-state index contributed by atoms with van der Waals surface area (Å²) in [5, 5.41) is 0. The molecule has 2 aromatic carbocycles. The maximum absolute atomic E-state index is 13.6. The number of halogens is 1. The zero-order valence-electron chi connectivity index (χ0n) is 16.7. The van der Waals surface area contributed by atoms with E-state index in [-0.39, 0.29) is 11.4 Å².